The van der Waals surface area contributed by atoms with Gasteiger partial charge < -0.3 is 14.3 Å². The zero-order chi connectivity index (χ0) is 15.2. The maximum Gasteiger partial charge on any atom is 0.238 e. The molecule has 0 saturated heterocycles. The van der Waals surface area contributed by atoms with Crippen LogP contribution in [0.3, 0.4) is 0 Å². The molecule has 0 bridgehead atoms. The summed E-state index contributed by atoms with van der Waals surface area (Å²) in [7, 11) is 0. The van der Waals surface area contributed by atoms with Gasteiger partial charge in [-0.1, -0.05) is 25.9 Å². The second kappa shape index (κ2) is 7.41. The molecule has 21 heavy (non-hydrogen) atoms. The van der Waals surface area contributed by atoms with Crippen LogP contribution >= 0.6 is 0 Å². The number of rotatable bonds is 8. The number of nitrogens with zero attached hydrogens (tertiary/aromatic N) is 2. The minimum absolute atomic E-state index is 0.371. The van der Waals surface area contributed by atoms with Gasteiger partial charge in [-0.3, -0.25) is 0 Å². The maximum atomic E-state index is 5.40. The van der Waals surface area contributed by atoms with Crippen LogP contribution in [0, 0.1) is 12.8 Å². The molecule has 0 aliphatic rings. The standard InChI is InChI=1S/C16H25N3O2/c1-5-7-17-13(9-11(2)3)10-14-18-16(19-21-14)15-12(4)6-8-20-15/h6,8,11,13,17H,5,7,9-10H2,1-4H3. The van der Waals surface area contributed by atoms with Gasteiger partial charge in [-0.25, -0.2) is 0 Å². The van der Waals surface area contributed by atoms with Crippen molar-refractivity contribution >= 4 is 0 Å². The number of aryl methyl sites for hydroxylation is 1. The first-order valence-corrected chi connectivity index (χ1v) is 7.70. The number of furan rings is 1. The third kappa shape index (κ3) is 4.43. The summed E-state index contributed by atoms with van der Waals surface area (Å²) in [6.07, 6.45) is 4.61. The summed E-state index contributed by atoms with van der Waals surface area (Å²) in [6, 6.07) is 2.27. The van der Waals surface area contributed by atoms with E-state index in [0.717, 1.165) is 31.4 Å². The maximum absolute atomic E-state index is 5.40. The van der Waals surface area contributed by atoms with Gasteiger partial charge in [-0.15, -0.1) is 0 Å². The Hall–Kier alpha value is -1.62. The van der Waals surface area contributed by atoms with Crippen molar-refractivity contribution in [1.29, 1.82) is 0 Å². The molecule has 0 saturated carbocycles. The lowest BCUT2D eigenvalue weighted by Crippen LogP contribution is -2.33. The van der Waals surface area contributed by atoms with Crippen LogP contribution in [0.1, 0.15) is 45.1 Å². The predicted molar refractivity (Wildman–Crippen MR) is 82.0 cm³/mol. The highest BCUT2D eigenvalue weighted by molar-refractivity contribution is 5.50. The van der Waals surface area contributed by atoms with Crippen LogP contribution in [-0.2, 0) is 6.42 Å². The highest BCUT2D eigenvalue weighted by Gasteiger charge is 2.18. The van der Waals surface area contributed by atoms with Crippen LogP contribution in [0.25, 0.3) is 11.6 Å². The molecule has 0 aromatic carbocycles. The average Bonchev–Trinajstić information content (AvgIpc) is 3.04. The third-order valence-electron chi connectivity index (χ3n) is 3.39. The normalized spacial score (nSPS) is 13.0. The molecule has 2 aromatic heterocycles. The minimum atomic E-state index is 0.371. The lowest BCUT2D eigenvalue weighted by atomic mass is 10.0. The van der Waals surface area contributed by atoms with E-state index in [4.69, 9.17) is 8.94 Å². The SMILES string of the molecule is CCCNC(Cc1nc(-c2occc2C)no1)CC(C)C. The summed E-state index contributed by atoms with van der Waals surface area (Å²) in [5.41, 5.74) is 1.02. The Kier molecular flexibility index (Phi) is 5.56. The molecule has 2 heterocycles. The predicted octanol–water partition coefficient (Wildman–Crippen LogP) is 3.59. The Morgan fingerprint density at radius 3 is 2.76 bits per heavy atom. The Bertz CT molecular complexity index is 545. The quantitative estimate of drug-likeness (QED) is 0.805. The summed E-state index contributed by atoms with van der Waals surface area (Å²) in [6.45, 7) is 9.61. The highest BCUT2D eigenvalue weighted by atomic mass is 16.5. The molecule has 0 amide bonds. The lowest BCUT2D eigenvalue weighted by molar-refractivity contribution is 0.337. The van der Waals surface area contributed by atoms with Crippen LogP contribution < -0.4 is 5.32 Å². The fourth-order valence-electron chi connectivity index (χ4n) is 2.40. The Morgan fingerprint density at radius 2 is 2.14 bits per heavy atom. The van der Waals surface area contributed by atoms with Gasteiger partial charge in [0.15, 0.2) is 5.76 Å². The minimum Gasteiger partial charge on any atom is -0.461 e. The molecule has 0 aliphatic heterocycles. The molecule has 0 radical (unpaired) electrons. The molecule has 0 spiro atoms. The molecule has 1 unspecified atom stereocenters. The van der Waals surface area contributed by atoms with Crippen molar-refractivity contribution in [3.63, 3.8) is 0 Å². The molecule has 0 aliphatic carbocycles. The van der Waals surface area contributed by atoms with E-state index >= 15 is 0 Å². The van der Waals surface area contributed by atoms with E-state index in [1.165, 1.54) is 0 Å². The van der Waals surface area contributed by atoms with Gasteiger partial charge in [0.05, 0.1) is 6.26 Å². The van der Waals surface area contributed by atoms with Gasteiger partial charge in [-0.2, -0.15) is 4.98 Å². The van der Waals surface area contributed by atoms with E-state index in [9.17, 15) is 0 Å². The molecule has 0 fully saturated rings. The van der Waals surface area contributed by atoms with Gasteiger partial charge >= 0.3 is 0 Å². The molecule has 2 rings (SSSR count). The molecule has 1 N–H and O–H groups in total. The molecule has 5 heteroatoms. The van der Waals surface area contributed by atoms with Crippen LogP contribution in [0.5, 0.6) is 0 Å². The van der Waals surface area contributed by atoms with Gasteiger partial charge in [0.1, 0.15) is 0 Å². The molecular weight excluding hydrogens is 266 g/mol. The largest absolute Gasteiger partial charge is 0.461 e. The topological polar surface area (TPSA) is 64.1 Å². The number of hydrogen-bond donors (Lipinski definition) is 1. The summed E-state index contributed by atoms with van der Waals surface area (Å²) in [4.78, 5) is 4.46. The van der Waals surface area contributed by atoms with Gasteiger partial charge in [0.25, 0.3) is 0 Å². The van der Waals surface area contributed by atoms with E-state index in [1.807, 2.05) is 13.0 Å². The first-order valence-electron chi connectivity index (χ1n) is 7.70. The van der Waals surface area contributed by atoms with E-state index < -0.39 is 0 Å². The first-order chi connectivity index (χ1) is 10.1. The van der Waals surface area contributed by atoms with Gasteiger partial charge in [0.2, 0.25) is 11.7 Å². The zero-order valence-electron chi connectivity index (χ0n) is 13.3. The molecule has 116 valence electrons. The van der Waals surface area contributed by atoms with E-state index in [1.54, 1.807) is 6.26 Å². The Balaban J connectivity index is 2.04. The second-order valence-electron chi connectivity index (χ2n) is 5.93. The van der Waals surface area contributed by atoms with Crippen molar-refractivity contribution < 1.29 is 8.94 Å². The van der Waals surface area contributed by atoms with Crippen LogP contribution in [-0.4, -0.2) is 22.7 Å². The van der Waals surface area contributed by atoms with Crippen molar-refractivity contribution in [2.24, 2.45) is 5.92 Å². The first kappa shape index (κ1) is 15.8. The second-order valence-corrected chi connectivity index (χ2v) is 5.93. The summed E-state index contributed by atoms with van der Waals surface area (Å²) >= 11 is 0. The molecule has 5 nitrogen and oxygen atoms in total. The smallest absolute Gasteiger partial charge is 0.238 e. The van der Waals surface area contributed by atoms with Crippen LogP contribution in [0.4, 0.5) is 0 Å². The van der Waals surface area contributed by atoms with Gasteiger partial charge in [0, 0.05) is 12.5 Å². The van der Waals surface area contributed by atoms with E-state index in [-0.39, 0.29) is 0 Å². The summed E-state index contributed by atoms with van der Waals surface area (Å²) in [5, 5.41) is 7.58. The number of hydrogen-bond acceptors (Lipinski definition) is 5. The average molecular weight is 291 g/mol. The summed E-state index contributed by atoms with van der Waals surface area (Å²) in [5.74, 6) is 2.52. The van der Waals surface area contributed by atoms with Crippen molar-refractivity contribution in [2.75, 3.05) is 6.54 Å². The van der Waals surface area contributed by atoms with Crippen molar-refractivity contribution in [1.82, 2.24) is 15.5 Å². The molecule has 1 atom stereocenters. The fourth-order valence-corrected chi connectivity index (χ4v) is 2.40. The van der Waals surface area contributed by atoms with Crippen molar-refractivity contribution in [3.8, 4) is 11.6 Å². The fraction of sp³-hybridized carbons (Fsp3) is 0.625. The summed E-state index contributed by atoms with van der Waals surface area (Å²) < 4.78 is 10.8. The van der Waals surface area contributed by atoms with E-state index in [2.05, 4.69) is 36.2 Å². The molecule has 2 aromatic rings. The third-order valence-corrected chi connectivity index (χ3v) is 3.39. The molecular formula is C16H25N3O2. The van der Waals surface area contributed by atoms with Crippen molar-refractivity contribution in [3.05, 3.63) is 23.8 Å². The lowest BCUT2D eigenvalue weighted by Gasteiger charge is -2.18. The number of aromatic nitrogens is 2. The Morgan fingerprint density at radius 1 is 1.33 bits per heavy atom. The number of nitrogens with one attached hydrogen (secondary N) is 1. The van der Waals surface area contributed by atoms with Crippen molar-refractivity contribution in [2.45, 2.75) is 53.0 Å². The van der Waals surface area contributed by atoms with E-state index in [0.29, 0.717) is 29.4 Å². The van der Waals surface area contributed by atoms with Crippen LogP contribution in [0.2, 0.25) is 0 Å². The highest BCUT2D eigenvalue weighted by Crippen LogP contribution is 2.21. The Labute approximate surface area is 126 Å². The zero-order valence-corrected chi connectivity index (χ0v) is 13.3. The van der Waals surface area contributed by atoms with Gasteiger partial charge in [-0.05, 0) is 43.9 Å². The van der Waals surface area contributed by atoms with Crippen LogP contribution in [0.15, 0.2) is 21.3 Å². The monoisotopic (exact) mass is 291 g/mol.